The second-order valence-electron chi connectivity index (χ2n) is 6.76. The van der Waals surface area contributed by atoms with E-state index in [1.165, 1.54) is 7.11 Å². The molecule has 1 atom stereocenters. The van der Waals surface area contributed by atoms with Crippen LogP contribution in [0.5, 0.6) is 11.5 Å². The van der Waals surface area contributed by atoms with Crippen molar-refractivity contribution in [1.82, 2.24) is 16.0 Å². The Labute approximate surface area is 189 Å². The number of rotatable bonds is 7. The number of benzene rings is 2. The maximum Gasteiger partial charge on any atom is 0.319 e. The van der Waals surface area contributed by atoms with Crippen molar-refractivity contribution < 1.29 is 19.1 Å². The molecule has 8 heteroatoms. The predicted molar refractivity (Wildman–Crippen MR) is 120 cm³/mol. The van der Waals surface area contributed by atoms with E-state index in [1.54, 1.807) is 19.1 Å². The molecule has 0 aromatic heterocycles. The first-order chi connectivity index (χ1) is 14.9. The van der Waals surface area contributed by atoms with E-state index in [2.05, 4.69) is 37.8 Å². The Morgan fingerprint density at radius 3 is 2.68 bits per heavy atom. The molecular formula is C23H22BrN3O4. The van der Waals surface area contributed by atoms with Crippen LogP contribution < -0.4 is 25.4 Å². The summed E-state index contributed by atoms with van der Waals surface area (Å²) in [4.78, 5) is 25.3. The lowest BCUT2D eigenvalue weighted by molar-refractivity contribution is -0.118. The molecule has 0 spiro atoms. The van der Waals surface area contributed by atoms with E-state index in [0.29, 0.717) is 39.4 Å². The van der Waals surface area contributed by atoms with Crippen molar-refractivity contribution in [3.63, 3.8) is 0 Å². The van der Waals surface area contributed by atoms with E-state index in [0.717, 1.165) is 5.56 Å². The molecule has 0 bridgehead atoms. The summed E-state index contributed by atoms with van der Waals surface area (Å²) in [5, 5.41) is 8.41. The summed E-state index contributed by atoms with van der Waals surface area (Å²) >= 11 is 3.52. The molecule has 0 unspecified atom stereocenters. The Morgan fingerprint density at radius 2 is 2.00 bits per heavy atom. The molecule has 31 heavy (non-hydrogen) atoms. The molecule has 3 rings (SSSR count). The van der Waals surface area contributed by atoms with Crippen LogP contribution in [-0.2, 0) is 11.3 Å². The molecule has 1 heterocycles. The zero-order valence-electron chi connectivity index (χ0n) is 17.1. The summed E-state index contributed by atoms with van der Waals surface area (Å²) in [6.45, 7) is 2.14. The Hall–Kier alpha value is -3.44. The van der Waals surface area contributed by atoms with Crippen LogP contribution in [0.15, 0.2) is 58.2 Å². The van der Waals surface area contributed by atoms with E-state index in [-0.39, 0.29) is 12.5 Å². The van der Waals surface area contributed by atoms with Gasteiger partial charge in [0.05, 0.1) is 18.7 Å². The van der Waals surface area contributed by atoms with Gasteiger partial charge in [-0.05, 0) is 30.2 Å². The molecule has 2 aromatic carbocycles. The average molecular weight is 484 g/mol. The van der Waals surface area contributed by atoms with Crippen molar-refractivity contribution >= 4 is 27.9 Å². The van der Waals surface area contributed by atoms with Gasteiger partial charge in [-0.3, -0.25) is 4.79 Å². The van der Waals surface area contributed by atoms with Gasteiger partial charge in [0.1, 0.15) is 6.61 Å². The molecule has 160 valence electrons. The van der Waals surface area contributed by atoms with Gasteiger partial charge in [-0.25, -0.2) is 4.79 Å². The maximum atomic E-state index is 13.1. The second-order valence-corrected chi connectivity index (χ2v) is 7.61. The van der Waals surface area contributed by atoms with Crippen LogP contribution in [0, 0.1) is 12.3 Å². The molecule has 3 N–H and O–H groups in total. The van der Waals surface area contributed by atoms with Crippen LogP contribution >= 0.6 is 15.9 Å². The van der Waals surface area contributed by atoms with Gasteiger partial charge >= 0.3 is 6.03 Å². The molecule has 0 saturated carbocycles. The lowest BCUT2D eigenvalue weighted by atomic mass is 9.94. The quantitative estimate of drug-likeness (QED) is 0.526. The minimum atomic E-state index is -0.700. The Kier molecular flexibility index (Phi) is 7.21. The molecule has 1 aliphatic heterocycles. The lowest BCUT2D eigenvalue weighted by Crippen LogP contribution is -2.47. The number of methoxy groups -OCH3 is 1. The SMILES string of the molecule is C#CCOc1cc(Br)c([C@@H]2NC(=O)NC(C)=C2C(=O)NCc2ccccc2)cc1OC. The van der Waals surface area contributed by atoms with Crippen LogP contribution in [-0.4, -0.2) is 25.7 Å². The number of nitrogens with one attached hydrogen (secondary N) is 3. The number of terminal acetylenes is 1. The first-order valence-electron chi connectivity index (χ1n) is 9.48. The molecule has 0 fully saturated rings. The van der Waals surface area contributed by atoms with E-state index in [4.69, 9.17) is 15.9 Å². The zero-order chi connectivity index (χ0) is 22.4. The van der Waals surface area contributed by atoms with Gasteiger partial charge < -0.3 is 25.4 Å². The van der Waals surface area contributed by atoms with E-state index in [1.807, 2.05) is 30.3 Å². The highest BCUT2D eigenvalue weighted by Gasteiger charge is 2.33. The lowest BCUT2D eigenvalue weighted by Gasteiger charge is -2.29. The topological polar surface area (TPSA) is 88.7 Å². The standard InChI is InChI=1S/C23H22BrN3O4/c1-4-10-31-19-12-17(24)16(11-18(19)30-3)21-20(14(2)26-23(29)27-21)22(28)25-13-15-8-6-5-7-9-15/h1,5-9,11-12,21H,10,13H2,2-3H3,(H,25,28)(H2,26,27,29)/t21-/m0/s1. The largest absolute Gasteiger partial charge is 0.493 e. The minimum absolute atomic E-state index is 0.0817. The highest BCUT2D eigenvalue weighted by Crippen LogP contribution is 2.39. The van der Waals surface area contributed by atoms with E-state index in [9.17, 15) is 9.59 Å². The Bertz CT molecular complexity index is 1060. The summed E-state index contributed by atoms with van der Waals surface area (Å²) in [7, 11) is 1.51. The second kappa shape index (κ2) is 10.0. The molecule has 7 nitrogen and oxygen atoms in total. The number of carbonyl (C=O) groups excluding carboxylic acids is 2. The van der Waals surface area contributed by atoms with Gasteiger partial charge in [-0.1, -0.05) is 52.2 Å². The minimum Gasteiger partial charge on any atom is -0.493 e. The summed E-state index contributed by atoms with van der Waals surface area (Å²) in [6, 6.07) is 11.9. The molecule has 1 aliphatic rings. The number of carbonyl (C=O) groups is 2. The molecule has 0 aliphatic carbocycles. The predicted octanol–water partition coefficient (Wildman–Crippen LogP) is 3.41. The number of ether oxygens (including phenoxy) is 2. The molecule has 0 saturated heterocycles. The third-order valence-electron chi connectivity index (χ3n) is 4.71. The highest BCUT2D eigenvalue weighted by atomic mass is 79.9. The van der Waals surface area contributed by atoms with Gasteiger partial charge in [0, 0.05) is 16.7 Å². The van der Waals surface area contributed by atoms with Gasteiger partial charge in [-0.15, -0.1) is 6.42 Å². The molecule has 0 radical (unpaired) electrons. The van der Waals surface area contributed by atoms with E-state index < -0.39 is 12.1 Å². The van der Waals surface area contributed by atoms with Crippen LogP contribution in [0.1, 0.15) is 24.1 Å². The monoisotopic (exact) mass is 483 g/mol. The van der Waals surface area contributed by atoms with Gasteiger partial charge in [-0.2, -0.15) is 0 Å². The number of hydrogen-bond acceptors (Lipinski definition) is 4. The van der Waals surface area contributed by atoms with Crippen molar-refractivity contribution in [3.8, 4) is 23.8 Å². The third kappa shape index (κ3) is 5.19. The first kappa shape index (κ1) is 22.2. The average Bonchev–Trinajstić information content (AvgIpc) is 2.76. The van der Waals surface area contributed by atoms with Crippen molar-refractivity contribution in [3.05, 3.63) is 69.3 Å². The summed E-state index contributed by atoms with van der Waals surface area (Å²) in [5.41, 5.74) is 2.48. The molecule has 2 aromatic rings. The van der Waals surface area contributed by atoms with Crippen molar-refractivity contribution in [2.45, 2.75) is 19.5 Å². The summed E-state index contributed by atoms with van der Waals surface area (Å²) in [5.74, 6) is 3.00. The number of urea groups is 1. The van der Waals surface area contributed by atoms with Crippen molar-refractivity contribution in [2.75, 3.05) is 13.7 Å². The normalized spacial score (nSPS) is 15.4. The summed E-state index contributed by atoms with van der Waals surface area (Å²) in [6.07, 6.45) is 5.27. The Balaban J connectivity index is 1.94. The van der Waals surface area contributed by atoms with Gasteiger partial charge in [0.2, 0.25) is 0 Å². The number of hydrogen-bond donors (Lipinski definition) is 3. The smallest absolute Gasteiger partial charge is 0.319 e. The number of halogens is 1. The van der Waals surface area contributed by atoms with Crippen LogP contribution in [0.3, 0.4) is 0 Å². The van der Waals surface area contributed by atoms with Crippen LogP contribution in [0.25, 0.3) is 0 Å². The van der Waals surface area contributed by atoms with E-state index >= 15 is 0 Å². The fourth-order valence-electron chi connectivity index (χ4n) is 3.27. The zero-order valence-corrected chi connectivity index (χ0v) is 18.7. The fraction of sp³-hybridized carbons (Fsp3) is 0.217. The third-order valence-corrected chi connectivity index (χ3v) is 5.40. The van der Waals surface area contributed by atoms with Crippen LogP contribution in [0.4, 0.5) is 4.79 Å². The molecular weight excluding hydrogens is 462 g/mol. The maximum absolute atomic E-state index is 13.1. The van der Waals surface area contributed by atoms with Crippen molar-refractivity contribution in [2.24, 2.45) is 0 Å². The van der Waals surface area contributed by atoms with Crippen molar-refractivity contribution in [1.29, 1.82) is 0 Å². The highest BCUT2D eigenvalue weighted by molar-refractivity contribution is 9.10. The first-order valence-corrected chi connectivity index (χ1v) is 10.3. The van der Waals surface area contributed by atoms with Crippen LogP contribution in [0.2, 0.25) is 0 Å². The van der Waals surface area contributed by atoms with Gasteiger partial charge in [0.25, 0.3) is 5.91 Å². The number of allylic oxidation sites excluding steroid dienone is 1. The Morgan fingerprint density at radius 1 is 1.26 bits per heavy atom. The van der Waals surface area contributed by atoms with Gasteiger partial charge in [0.15, 0.2) is 11.5 Å². The fourth-order valence-corrected chi connectivity index (χ4v) is 3.82. The number of amides is 3. The molecule has 3 amide bonds. The summed E-state index contributed by atoms with van der Waals surface area (Å²) < 4.78 is 11.6.